The second kappa shape index (κ2) is 4.54. The van der Waals surface area contributed by atoms with Crippen LogP contribution in [0.15, 0.2) is 18.2 Å². The molecular formula is C11H14O5S. The fourth-order valence-electron chi connectivity index (χ4n) is 1.61. The van der Waals surface area contributed by atoms with Crippen LogP contribution in [-0.4, -0.2) is 32.3 Å². The Kier molecular flexibility index (Phi) is 3.26. The van der Waals surface area contributed by atoms with E-state index >= 15 is 0 Å². The highest BCUT2D eigenvalue weighted by Crippen LogP contribution is 2.34. The molecule has 1 aliphatic rings. The largest absolute Gasteiger partial charge is 0.454 e. The summed E-state index contributed by atoms with van der Waals surface area (Å²) in [5, 5.41) is 9.85. The molecule has 1 atom stereocenters. The van der Waals surface area contributed by atoms with Gasteiger partial charge in [-0.3, -0.25) is 0 Å². The van der Waals surface area contributed by atoms with Gasteiger partial charge in [0.05, 0.1) is 11.9 Å². The Bertz CT molecular complexity index is 509. The first-order chi connectivity index (χ1) is 7.96. The molecule has 0 spiro atoms. The molecule has 6 heteroatoms. The van der Waals surface area contributed by atoms with Gasteiger partial charge in [0.15, 0.2) is 11.5 Å². The molecule has 0 saturated carbocycles. The Morgan fingerprint density at radius 3 is 2.76 bits per heavy atom. The summed E-state index contributed by atoms with van der Waals surface area (Å²) >= 11 is 0. The molecule has 5 nitrogen and oxygen atoms in total. The van der Waals surface area contributed by atoms with Crippen LogP contribution in [0.1, 0.15) is 18.1 Å². The van der Waals surface area contributed by atoms with Crippen molar-refractivity contribution in [3.63, 3.8) is 0 Å². The zero-order valence-electron chi connectivity index (χ0n) is 9.42. The first-order valence-corrected chi connectivity index (χ1v) is 7.27. The van der Waals surface area contributed by atoms with E-state index in [9.17, 15) is 13.5 Å². The minimum atomic E-state index is -3.05. The van der Waals surface area contributed by atoms with Gasteiger partial charge in [0.2, 0.25) is 6.79 Å². The second-order valence-electron chi connectivity index (χ2n) is 4.05. The van der Waals surface area contributed by atoms with Crippen LogP contribution in [0.25, 0.3) is 0 Å². The number of benzene rings is 1. The molecule has 1 unspecified atom stereocenters. The van der Waals surface area contributed by atoms with Gasteiger partial charge in [0.25, 0.3) is 0 Å². The summed E-state index contributed by atoms with van der Waals surface area (Å²) in [5.41, 5.74) is 0.637. The SMILES string of the molecule is CS(=O)(=O)CCC(O)c1ccc2c(c1)OCO2. The van der Waals surface area contributed by atoms with Crippen LogP contribution >= 0.6 is 0 Å². The van der Waals surface area contributed by atoms with Crippen LogP contribution in [-0.2, 0) is 9.84 Å². The van der Waals surface area contributed by atoms with Gasteiger partial charge in [0.1, 0.15) is 9.84 Å². The molecule has 2 rings (SSSR count). The van der Waals surface area contributed by atoms with Crippen molar-refractivity contribution in [3.05, 3.63) is 23.8 Å². The van der Waals surface area contributed by atoms with Crippen LogP contribution < -0.4 is 9.47 Å². The van der Waals surface area contributed by atoms with Crippen molar-refractivity contribution in [1.29, 1.82) is 0 Å². The van der Waals surface area contributed by atoms with Crippen LogP contribution in [0.3, 0.4) is 0 Å². The van der Waals surface area contributed by atoms with Gasteiger partial charge in [0, 0.05) is 6.26 Å². The van der Waals surface area contributed by atoms with Gasteiger partial charge in [-0.05, 0) is 24.1 Å². The first-order valence-electron chi connectivity index (χ1n) is 5.21. The molecule has 0 radical (unpaired) electrons. The van der Waals surface area contributed by atoms with E-state index in [0.717, 1.165) is 6.26 Å². The number of ether oxygens (including phenoxy) is 2. The lowest BCUT2D eigenvalue weighted by Gasteiger charge is -2.10. The summed E-state index contributed by atoms with van der Waals surface area (Å²) < 4.78 is 32.3. The Morgan fingerprint density at radius 1 is 1.35 bits per heavy atom. The molecule has 94 valence electrons. The standard InChI is InChI=1S/C11H14O5S/c1-17(13,14)5-4-9(12)8-2-3-10-11(6-8)16-7-15-10/h2-3,6,9,12H,4-5,7H2,1H3. The third-order valence-corrected chi connectivity index (χ3v) is 3.52. The van der Waals surface area contributed by atoms with Gasteiger partial charge >= 0.3 is 0 Å². The Balaban J connectivity index is 2.07. The van der Waals surface area contributed by atoms with Crippen molar-refractivity contribution in [2.75, 3.05) is 18.8 Å². The number of hydrogen-bond acceptors (Lipinski definition) is 5. The molecule has 0 amide bonds. The Hall–Kier alpha value is -1.27. The molecule has 17 heavy (non-hydrogen) atoms. The highest BCUT2D eigenvalue weighted by atomic mass is 32.2. The van der Waals surface area contributed by atoms with Crippen molar-refractivity contribution < 1.29 is 23.0 Å². The highest BCUT2D eigenvalue weighted by Gasteiger charge is 2.17. The molecule has 0 aromatic heterocycles. The summed E-state index contributed by atoms with van der Waals surface area (Å²) in [6.45, 7) is 0.179. The summed E-state index contributed by atoms with van der Waals surface area (Å²) in [6.07, 6.45) is 0.525. The fraction of sp³-hybridized carbons (Fsp3) is 0.455. The molecular weight excluding hydrogens is 244 g/mol. The second-order valence-corrected chi connectivity index (χ2v) is 6.31. The van der Waals surface area contributed by atoms with E-state index in [2.05, 4.69) is 0 Å². The van der Waals surface area contributed by atoms with Crippen molar-refractivity contribution in [2.45, 2.75) is 12.5 Å². The topological polar surface area (TPSA) is 72.8 Å². The third kappa shape index (κ3) is 3.10. The minimum absolute atomic E-state index is 0.0391. The molecule has 1 N–H and O–H groups in total. The maximum absolute atomic E-state index is 11.0. The highest BCUT2D eigenvalue weighted by molar-refractivity contribution is 7.90. The van der Waals surface area contributed by atoms with Gasteiger partial charge in [-0.1, -0.05) is 6.07 Å². The van der Waals surface area contributed by atoms with E-state index in [4.69, 9.17) is 9.47 Å². The normalized spacial score (nSPS) is 15.9. The molecule has 0 fully saturated rings. The van der Waals surface area contributed by atoms with Gasteiger partial charge in [-0.25, -0.2) is 8.42 Å². The summed E-state index contributed by atoms with van der Waals surface area (Å²) in [5.74, 6) is 1.19. The predicted octanol–water partition coefficient (Wildman–Crippen LogP) is 0.883. The third-order valence-electron chi connectivity index (χ3n) is 2.54. The zero-order chi connectivity index (χ0) is 12.5. The number of sulfone groups is 1. The lowest BCUT2D eigenvalue weighted by molar-refractivity contribution is 0.170. The van der Waals surface area contributed by atoms with Crippen molar-refractivity contribution in [3.8, 4) is 11.5 Å². The van der Waals surface area contributed by atoms with Gasteiger partial charge < -0.3 is 14.6 Å². The number of hydrogen-bond donors (Lipinski definition) is 1. The fourth-order valence-corrected chi connectivity index (χ4v) is 2.26. The first kappa shape index (κ1) is 12.2. The Labute approximate surface area is 99.9 Å². The van der Waals surface area contributed by atoms with Crippen LogP contribution in [0.4, 0.5) is 0 Å². The van der Waals surface area contributed by atoms with E-state index in [1.165, 1.54) is 0 Å². The number of aliphatic hydroxyl groups excluding tert-OH is 1. The molecule has 1 heterocycles. The molecule has 0 aliphatic carbocycles. The number of aliphatic hydroxyl groups is 1. The summed E-state index contributed by atoms with van der Waals surface area (Å²) in [4.78, 5) is 0. The van der Waals surface area contributed by atoms with E-state index in [-0.39, 0.29) is 19.0 Å². The smallest absolute Gasteiger partial charge is 0.231 e. The average molecular weight is 258 g/mol. The van der Waals surface area contributed by atoms with Crippen molar-refractivity contribution in [1.82, 2.24) is 0 Å². The molecule has 1 aromatic carbocycles. The van der Waals surface area contributed by atoms with Crippen molar-refractivity contribution >= 4 is 9.84 Å². The van der Waals surface area contributed by atoms with Gasteiger partial charge in [-0.2, -0.15) is 0 Å². The van der Waals surface area contributed by atoms with Crippen LogP contribution in [0.2, 0.25) is 0 Å². The maximum atomic E-state index is 11.0. The molecule has 0 bridgehead atoms. The van der Waals surface area contributed by atoms with E-state index < -0.39 is 15.9 Å². The summed E-state index contributed by atoms with van der Waals surface area (Å²) in [6, 6.07) is 5.09. The minimum Gasteiger partial charge on any atom is -0.454 e. The maximum Gasteiger partial charge on any atom is 0.231 e. The number of fused-ring (bicyclic) bond motifs is 1. The van der Waals surface area contributed by atoms with E-state index in [0.29, 0.717) is 17.1 Å². The molecule has 1 aliphatic heterocycles. The van der Waals surface area contributed by atoms with E-state index in [1.54, 1.807) is 18.2 Å². The molecule has 1 aromatic rings. The lowest BCUT2D eigenvalue weighted by Crippen LogP contribution is -2.08. The monoisotopic (exact) mass is 258 g/mol. The number of rotatable bonds is 4. The lowest BCUT2D eigenvalue weighted by atomic mass is 10.1. The summed E-state index contributed by atoms with van der Waals surface area (Å²) in [7, 11) is -3.05. The Morgan fingerprint density at radius 2 is 2.06 bits per heavy atom. The predicted molar refractivity (Wildman–Crippen MR) is 61.9 cm³/mol. The quantitative estimate of drug-likeness (QED) is 0.868. The molecule has 0 saturated heterocycles. The van der Waals surface area contributed by atoms with Crippen LogP contribution in [0.5, 0.6) is 11.5 Å². The zero-order valence-corrected chi connectivity index (χ0v) is 10.2. The van der Waals surface area contributed by atoms with Gasteiger partial charge in [-0.15, -0.1) is 0 Å². The van der Waals surface area contributed by atoms with Crippen LogP contribution in [0, 0.1) is 0 Å². The van der Waals surface area contributed by atoms with Crippen molar-refractivity contribution in [2.24, 2.45) is 0 Å². The van der Waals surface area contributed by atoms with E-state index in [1.807, 2.05) is 0 Å². The average Bonchev–Trinajstić information content (AvgIpc) is 2.71.